The molecule has 0 saturated heterocycles. The molecular formula is C25H26N4O. The zero-order valence-corrected chi connectivity index (χ0v) is 17.3. The highest BCUT2D eigenvalue weighted by Crippen LogP contribution is 2.36. The average molecular weight is 399 g/mol. The Labute approximate surface area is 177 Å². The molecule has 0 saturated carbocycles. The van der Waals surface area contributed by atoms with Crippen LogP contribution >= 0.6 is 0 Å². The van der Waals surface area contributed by atoms with Crippen molar-refractivity contribution in [2.75, 3.05) is 23.3 Å². The van der Waals surface area contributed by atoms with Gasteiger partial charge in [-0.15, -0.1) is 0 Å². The molecule has 0 aliphatic heterocycles. The summed E-state index contributed by atoms with van der Waals surface area (Å²) in [5.41, 5.74) is 3.59. The van der Waals surface area contributed by atoms with E-state index in [1.165, 1.54) is 5.69 Å². The number of hydrogen-bond donors (Lipinski definition) is 2. The molecule has 0 unspecified atom stereocenters. The zero-order chi connectivity index (χ0) is 20.9. The molecule has 2 heterocycles. The Morgan fingerprint density at radius 1 is 0.867 bits per heavy atom. The van der Waals surface area contributed by atoms with E-state index in [-0.39, 0.29) is 11.8 Å². The van der Waals surface area contributed by atoms with Gasteiger partial charge in [-0.2, -0.15) is 0 Å². The van der Waals surface area contributed by atoms with Crippen molar-refractivity contribution >= 4 is 22.4 Å². The van der Waals surface area contributed by atoms with Crippen LogP contribution in [0.1, 0.15) is 31.0 Å². The van der Waals surface area contributed by atoms with E-state index in [1.54, 1.807) is 12.4 Å². The number of hydrogen-bond acceptors (Lipinski definition) is 5. The number of aromatic nitrogens is 2. The van der Waals surface area contributed by atoms with E-state index in [0.717, 1.165) is 35.4 Å². The van der Waals surface area contributed by atoms with Crippen molar-refractivity contribution in [3.8, 4) is 5.75 Å². The summed E-state index contributed by atoms with van der Waals surface area (Å²) in [6.45, 7) is 6.23. The summed E-state index contributed by atoms with van der Waals surface area (Å²) in [5.74, 6) is 0.935. The van der Waals surface area contributed by atoms with E-state index < -0.39 is 0 Å². The van der Waals surface area contributed by atoms with E-state index in [1.807, 2.05) is 42.5 Å². The number of phenolic OH excluding ortho intramolecular Hbond substituents is 1. The lowest BCUT2D eigenvalue weighted by Crippen LogP contribution is -2.21. The van der Waals surface area contributed by atoms with Crippen LogP contribution in [0.15, 0.2) is 79.1 Å². The third-order valence-electron chi connectivity index (χ3n) is 5.40. The Bertz CT molecular complexity index is 1110. The largest absolute Gasteiger partial charge is 0.505 e. The van der Waals surface area contributed by atoms with Crippen LogP contribution in [0, 0.1) is 0 Å². The number of fused-ring (bicyclic) bond motifs is 1. The number of nitrogens with zero attached hydrogens (tertiary/aromatic N) is 3. The Balaban J connectivity index is 1.78. The summed E-state index contributed by atoms with van der Waals surface area (Å²) in [4.78, 5) is 11.1. The Hall–Kier alpha value is -3.60. The Morgan fingerprint density at radius 3 is 2.33 bits per heavy atom. The second-order valence-electron chi connectivity index (χ2n) is 7.13. The molecule has 5 nitrogen and oxygen atoms in total. The second-order valence-corrected chi connectivity index (χ2v) is 7.13. The van der Waals surface area contributed by atoms with Gasteiger partial charge in [0.2, 0.25) is 0 Å². The SMILES string of the molecule is CCN(CC)c1ccc([C@@H](Nc2ccccn2)c2ccc3cccnc3c2O)cc1. The summed E-state index contributed by atoms with van der Waals surface area (Å²) in [5, 5.41) is 15.4. The highest BCUT2D eigenvalue weighted by atomic mass is 16.3. The van der Waals surface area contributed by atoms with Crippen LogP contribution in [0.5, 0.6) is 5.75 Å². The van der Waals surface area contributed by atoms with E-state index >= 15 is 0 Å². The quantitative estimate of drug-likeness (QED) is 0.437. The number of phenols is 1. The van der Waals surface area contributed by atoms with Crippen molar-refractivity contribution in [3.63, 3.8) is 0 Å². The van der Waals surface area contributed by atoms with Crippen LogP contribution in [-0.2, 0) is 0 Å². The maximum Gasteiger partial charge on any atom is 0.147 e. The van der Waals surface area contributed by atoms with Crippen LogP contribution in [-0.4, -0.2) is 28.2 Å². The van der Waals surface area contributed by atoms with Gasteiger partial charge in [0.15, 0.2) is 0 Å². The first-order valence-electron chi connectivity index (χ1n) is 10.3. The minimum absolute atomic E-state index is 0.189. The molecular weight excluding hydrogens is 372 g/mol. The molecule has 0 fully saturated rings. The normalized spacial score (nSPS) is 11.9. The van der Waals surface area contributed by atoms with Gasteiger partial charge < -0.3 is 15.3 Å². The molecule has 0 radical (unpaired) electrons. The third kappa shape index (κ3) is 3.92. The molecule has 0 spiro atoms. The number of pyridine rings is 2. The van der Waals surface area contributed by atoms with Gasteiger partial charge in [0, 0.05) is 42.1 Å². The number of rotatable bonds is 7. The van der Waals surface area contributed by atoms with Crippen LogP contribution in [0.4, 0.5) is 11.5 Å². The first kappa shape index (κ1) is 19.7. The average Bonchev–Trinajstić information content (AvgIpc) is 2.80. The number of aromatic hydroxyl groups is 1. The molecule has 0 aliphatic rings. The smallest absolute Gasteiger partial charge is 0.147 e. The van der Waals surface area contributed by atoms with Crippen LogP contribution < -0.4 is 10.2 Å². The number of nitrogens with one attached hydrogen (secondary N) is 1. The van der Waals surface area contributed by atoms with Gasteiger partial charge >= 0.3 is 0 Å². The standard InChI is InChI=1S/C25H26N4O/c1-3-29(4-2)20-13-10-19(11-14-20)23(28-22-9-5-6-16-26-22)21-15-12-18-8-7-17-27-24(18)25(21)30/h5-17,23,30H,3-4H2,1-2H3,(H,26,28)/t23-/m1/s1. The number of anilines is 2. The fourth-order valence-corrected chi connectivity index (χ4v) is 3.78. The molecule has 2 aromatic heterocycles. The third-order valence-corrected chi connectivity index (χ3v) is 5.40. The molecule has 152 valence electrons. The molecule has 5 heteroatoms. The van der Waals surface area contributed by atoms with E-state index in [9.17, 15) is 5.11 Å². The van der Waals surface area contributed by atoms with Gasteiger partial charge in [-0.3, -0.25) is 4.98 Å². The van der Waals surface area contributed by atoms with Crippen LogP contribution in [0.2, 0.25) is 0 Å². The maximum absolute atomic E-state index is 11.0. The van der Waals surface area contributed by atoms with Crippen molar-refractivity contribution in [2.45, 2.75) is 19.9 Å². The molecule has 4 aromatic rings. The minimum atomic E-state index is -0.267. The van der Waals surface area contributed by atoms with Crippen molar-refractivity contribution in [2.24, 2.45) is 0 Å². The Kier molecular flexibility index (Phi) is 5.80. The van der Waals surface area contributed by atoms with Gasteiger partial charge in [0.05, 0.1) is 6.04 Å². The monoisotopic (exact) mass is 398 g/mol. The predicted molar refractivity (Wildman–Crippen MR) is 123 cm³/mol. The van der Waals surface area contributed by atoms with Crippen LogP contribution in [0.3, 0.4) is 0 Å². The predicted octanol–water partition coefficient (Wildman–Crippen LogP) is 5.38. The Morgan fingerprint density at radius 2 is 1.63 bits per heavy atom. The molecule has 1 atom stereocenters. The summed E-state index contributed by atoms with van der Waals surface area (Å²) in [7, 11) is 0. The van der Waals surface area contributed by atoms with Crippen molar-refractivity contribution in [3.05, 3.63) is 90.3 Å². The maximum atomic E-state index is 11.0. The second kappa shape index (κ2) is 8.82. The summed E-state index contributed by atoms with van der Waals surface area (Å²) >= 11 is 0. The minimum Gasteiger partial charge on any atom is -0.505 e. The summed E-state index contributed by atoms with van der Waals surface area (Å²) < 4.78 is 0. The molecule has 30 heavy (non-hydrogen) atoms. The fourth-order valence-electron chi connectivity index (χ4n) is 3.78. The summed E-state index contributed by atoms with van der Waals surface area (Å²) in [6.07, 6.45) is 3.45. The van der Waals surface area contributed by atoms with Gasteiger partial charge in [-0.25, -0.2) is 4.98 Å². The topological polar surface area (TPSA) is 61.3 Å². The molecule has 0 aliphatic carbocycles. The van der Waals surface area contributed by atoms with E-state index in [2.05, 4.69) is 58.3 Å². The first-order valence-corrected chi connectivity index (χ1v) is 10.3. The number of benzene rings is 2. The molecule has 4 rings (SSSR count). The van der Waals surface area contributed by atoms with Crippen LogP contribution in [0.25, 0.3) is 10.9 Å². The summed E-state index contributed by atoms with van der Waals surface area (Å²) in [6, 6.07) is 21.7. The highest BCUT2D eigenvalue weighted by molar-refractivity contribution is 5.86. The lowest BCUT2D eigenvalue weighted by Gasteiger charge is -2.24. The molecule has 0 bridgehead atoms. The van der Waals surface area contributed by atoms with Gasteiger partial charge in [0.25, 0.3) is 0 Å². The first-order chi connectivity index (χ1) is 14.7. The van der Waals surface area contributed by atoms with Crippen molar-refractivity contribution in [1.82, 2.24) is 9.97 Å². The molecule has 0 amide bonds. The van der Waals surface area contributed by atoms with Gasteiger partial charge in [0.1, 0.15) is 17.1 Å². The lowest BCUT2D eigenvalue weighted by molar-refractivity contribution is 0.471. The van der Waals surface area contributed by atoms with E-state index in [4.69, 9.17) is 0 Å². The van der Waals surface area contributed by atoms with Gasteiger partial charge in [-0.1, -0.05) is 36.4 Å². The fraction of sp³-hybridized carbons (Fsp3) is 0.200. The van der Waals surface area contributed by atoms with Gasteiger partial charge in [-0.05, 0) is 49.7 Å². The highest BCUT2D eigenvalue weighted by Gasteiger charge is 2.20. The van der Waals surface area contributed by atoms with Crippen molar-refractivity contribution < 1.29 is 5.11 Å². The van der Waals surface area contributed by atoms with E-state index in [0.29, 0.717) is 5.52 Å². The van der Waals surface area contributed by atoms with Crippen molar-refractivity contribution in [1.29, 1.82) is 0 Å². The molecule has 2 N–H and O–H groups in total. The molecule has 2 aromatic carbocycles. The lowest BCUT2D eigenvalue weighted by atomic mass is 9.96. The zero-order valence-electron chi connectivity index (χ0n) is 17.3.